The number of nitrogens with one attached hydrogen (secondary N) is 1. The molecule has 0 fully saturated rings. The zero-order chi connectivity index (χ0) is 19.1. The summed E-state index contributed by atoms with van der Waals surface area (Å²) in [6.07, 6.45) is 2.34. The molecule has 134 valence electrons. The number of nitrogens with zero attached hydrogens (tertiary/aromatic N) is 1. The monoisotopic (exact) mass is 374 g/mol. The Kier molecular flexibility index (Phi) is 6.88. The van der Waals surface area contributed by atoms with Crippen LogP contribution in [-0.2, 0) is 4.79 Å². The topological polar surface area (TPSA) is 52.9 Å². The molecule has 0 bridgehead atoms. The van der Waals surface area contributed by atoms with E-state index in [-0.39, 0.29) is 11.1 Å². The van der Waals surface area contributed by atoms with Gasteiger partial charge < -0.3 is 5.32 Å². The fourth-order valence-electron chi connectivity index (χ4n) is 2.50. The first-order valence-corrected chi connectivity index (χ1v) is 8.46. The number of hydrogen-bond acceptors (Lipinski definition) is 2. The molecule has 0 heterocycles. The maximum absolute atomic E-state index is 14.0. The van der Waals surface area contributed by atoms with Crippen molar-refractivity contribution < 1.29 is 13.6 Å². The van der Waals surface area contributed by atoms with Crippen molar-refractivity contribution in [3.8, 4) is 6.07 Å². The van der Waals surface area contributed by atoms with Crippen molar-refractivity contribution in [1.29, 1.82) is 5.26 Å². The highest BCUT2D eigenvalue weighted by Gasteiger charge is 2.19. The van der Waals surface area contributed by atoms with Crippen molar-refractivity contribution >= 4 is 23.6 Å². The summed E-state index contributed by atoms with van der Waals surface area (Å²) in [4.78, 5) is 12.5. The molecule has 2 aromatic carbocycles. The van der Waals surface area contributed by atoms with E-state index in [2.05, 4.69) is 5.32 Å². The Bertz CT molecular complexity index is 860. The fourth-order valence-corrected chi connectivity index (χ4v) is 2.66. The first-order chi connectivity index (χ1) is 12.5. The van der Waals surface area contributed by atoms with Crippen molar-refractivity contribution in [2.75, 3.05) is 0 Å². The van der Waals surface area contributed by atoms with Crippen LogP contribution in [0.5, 0.6) is 0 Å². The Morgan fingerprint density at radius 1 is 1.27 bits per heavy atom. The van der Waals surface area contributed by atoms with Gasteiger partial charge >= 0.3 is 0 Å². The molecule has 0 aliphatic carbocycles. The normalized spacial score (nSPS) is 12.3. The molecule has 1 N–H and O–H groups in total. The van der Waals surface area contributed by atoms with Gasteiger partial charge in [0.1, 0.15) is 17.5 Å². The Morgan fingerprint density at radius 3 is 2.58 bits per heavy atom. The lowest BCUT2D eigenvalue weighted by atomic mass is 10.0. The molecule has 2 rings (SSSR count). The molecule has 0 radical (unpaired) electrons. The Balaban J connectivity index is 2.31. The molecule has 0 aliphatic rings. The van der Waals surface area contributed by atoms with Crippen LogP contribution < -0.4 is 5.32 Å². The van der Waals surface area contributed by atoms with Crippen molar-refractivity contribution in [2.45, 2.75) is 25.8 Å². The predicted molar refractivity (Wildman–Crippen MR) is 97.2 cm³/mol. The zero-order valence-corrected chi connectivity index (χ0v) is 14.9. The van der Waals surface area contributed by atoms with Crippen LogP contribution >= 0.6 is 11.6 Å². The van der Waals surface area contributed by atoms with Crippen LogP contribution in [0, 0.1) is 23.0 Å². The van der Waals surface area contributed by atoms with Gasteiger partial charge in [0.25, 0.3) is 5.91 Å². The van der Waals surface area contributed by atoms with Gasteiger partial charge in [-0.2, -0.15) is 5.26 Å². The van der Waals surface area contributed by atoms with Crippen molar-refractivity contribution in [2.24, 2.45) is 0 Å². The molecule has 0 aliphatic heterocycles. The second-order valence-electron chi connectivity index (χ2n) is 5.65. The summed E-state index contributed by atoms with van der Waals surface area (Å²) in [6.45, 7) is 1.97. The predicted octanol–water partition coefficient (Wildman–Crippen LogP) is 5.18. The number of hydrogen-bond donors (Lipinski definition) is 1. The minimum atomic E-state index is -1.01. The average molecular weight is 375 g/mol. The number of halogens is 3. The summed E-state index contributed by atoms with van der Waals surface area (Å²) in [5.41, 5.74) is -0.0295. The van der Waals surface area contributed by atoms with Crippen LogP contribution in [0.1, 0.15) is 36.9 Å². The second-order valence-corrected chi connectivity index (χ2v) is 6.06. The number of carbonyl (C=O) groups is 1. The summed E-state index contributed by atoms with van der Waals surface area (Å²) in [6, 6.07) is 12.7. The highest BCUT2D eigenvalue weighted by atomic mass is 35.5. The van der Waals surface area contributed by atoms with Crippen LogP contribution in [0.25, 0.3) is 6.08 Å². The lowest BCUT2D eigenvalue weighted by molar-refractivity contribution is -0.117. The summed E-state index contributed by atoms with van der Waals surface area (Å²) in [5, 5.41) is 11.7. The fraction of sp³-hybridized carbons (Fsp3) is 0.200. The number of amides is 1. The summed E-state index contributed by atoms with van der Waals surface area (Å²) < 4.78 is 27.9. The first-order valence-electron chi connectivity index (χ1n) is 8.09. The summed E-state index contributed by atoms with van der Waals surface area (Å²) >= 11 is 5.64. The molecule has 1 atom stereocenters. The molecular formula is C20H17ClF2N2O. The van der Waals surface area contributed by atoms with E-state index < -0.39 is 28.7 Å². The minimum absolute atomic E-state index is 0.288. The highest BCUT2D eigenvalue weighted by Crippen LogP contribution is 2.24. The Hall–Kier alpha value is -2.71. The van der Waals surface area contributed by atoms with Gasteiger partial charge in [-0.3, -0.25) is 4.79 Å². The quantitative estimate of drug-likeness (QED) is 0.430. The molecule has 0 saturated heterocycles. The Labute approximate surface area is 155 Å². The molecule has 3 nitrogen and oxygen atoms in total. The van der Waals surface area contributed by atoms with Gasteiger partial charge in [-0.1, -0.05) is 55.3 Å². The second kappa shape index (κ2) is 9.12. The SMILES string of the molecule is CCC[C@H](NC(=O)C(C#N)=Cc1c(F)ccc(Cl)c1F)c1ccccc1. The Morgan fingerprint density at radius 2 is 1.96 bits per heavy atom. The number of nitriles is 1. The van der Waals surface area contributed by atoms with E-state index in [0.717, 1.165) is 30.2 Å². The molecular weight excluding hydrogens is 358 g/mol. The van der Waals surface area contributed by atoms with E-state index >= 15 is 0 Å². The molecule has 6 heteroatoms. The molecule has 1 amide bonds. The standard InChI is InChI=1S/C20H17ClF2N2O/c1-2-6-18(13-7-4-3-5-8-13)25-20(26)14(12-24)11-15-17(22)10-9-16(21)19(15)23/h3-5,7-11,18H,2,6H2,1H3,(H,25,26)/t18-/m0/s1. The maximum atomic E-state index is 14.0. The average Bonchev–Trinajstić information content (AvgIpc) is 2.65. The highest BCUT2D eigenvalue weighted by molar-refractivity contribution is 6.30. The summed E-state index contributed by atoms with van der Waals surface area (Å²) in [7, 11) is 0. The van der Waals surface area contributed by atoms with E-state index in [0.29, 0.717) is 6.42 Å². The molecule has 2 aromatic rings. The molecule has 0 unspecified atom stereocenters. The van der Waals surface area contributed by atoms with Crippen molar-refractivity contribution in [1.82, 2.24) is 5.32 Å². The van der Waals surface area contributed by atoms with E-state index in [1.165, 1.54) is 0 Å². The van der Waals surface area contributed by atoms with E-state index in [1.807, 2.05) is 37.3 Å². The van der Waals surface area contributed by atoms with Gasteiger partial charge in [0.15, 0.2) is 5.82 Å². The molecule has 0 aromatic heterocycles. The van der Waals surface area contributed by atoms with Gasteiger partial charge in [0.2, 0.25) is 0 Å². The molecule has 0 saturated carbocycles. The molecule has 26 heavy (non-hydrogen) atoms. The van der Waals surface area contributed by atoms with Crippen molar-refractivity contribution in [3.63, 3.8) is 0 Å². The van der Waals surface area contributed by atoms with Gasteiger partial charge in [-0.25, -0.2) is 8.78 Å². The summed E-state index contributed by atoms with van der Waals surface area (Å²) in [5.74, 6) is -2.62. The number of carbonyl (C=O) groups excluding carboxylic acids is 1. The minimum Gasteiger partial charge on any atom is -0.345 e. The van der Waals surface area contributed by atoms with E-state index in [1.54, 1.807) is 6.07 Å². The smallest absolute Gasteiger partial charge is 0.262 e. The largest absolute Gasteiger partial charge is 0.345 e. The van der Waals surface area contributed by atoms with Crippen LogP contribution in [-0.4, -0.2) is 5.91 Å². The van der Waals surface area contributed by atoms with Gasteiger partial charge in [0.05, 0.1) is 11.1 Å². The molecule has 0 spiro atoms. The third-order valence-corrected chi connectivity index (χ3v) is 4.11. The lowest BCUT2D eigenvalue weighted by Gasteiger charge is -2.18. The van der Waals surface area contributed by atoms with E-state index in [9.17, 15) is 18.8 Å². The van der Waals surface area contributed by atoms with Gasteiger partial charge in [0, 0.05) is 5.56 Å². The lowest BCUT2D eigenvalue weighted by Crippen LogP contribution is -2.29. The van der Waals surface area contributed by atoms with Crippen LogP contribution in [0.3, 0.4) is 0 Å². The first kappa shape index (κ1) is 19.6. The van der Waals surface area contributed by atoms with Crippen molar-refractivity contribution in [3.05, 3.63) is 75.8 Å². The van der Waals surface area contributed by atoms with Crippen LogP contribution in [0.15, 0.2) is 48.0 Å². The van der Waals surface area contributed by atoms with Gasteiger partial charge in [-0.05, 0) is 30.2 Å². The maximum Gasteiger partial charge on any atom is 0.262 e. The van der Waals surface area contributed by atoms with Gasteiger partial charge in [-0.15, -0.1) is 0 Å². The zero-order valence-electron chi connectivity index (χ0n) is 14.1. The number of rotatable bonds is 6. The van der Waals surface area contributed by atoms with Crippen LogP contribution in [0.4, 0.5) is 8.78 Å². The van der Waals surface area contributed by atoms with E-state index in [4.69, 9.17) is 11.6 Å². The third-order valence-electron chi connectivity index (χ3n) is 3.82. The van der Waals surface area contributed by atoms with Crippen LogP contribution in [0.2, 0.25) is 5.02 Å². The number of benzene rings is 2. The third kappa shape index (κ3) is 4.68.